The molecule has 1 aliphatic heterocycles. The van der Waals surface area contributed by atoms with Gasteiger partial charge in [0.25, 0.3) is 0 Å². The first-order valence-electron chi connectivity index (χ1n) is 6.65. The first-order chi connectivity index (χ1) is 8.50. The van der Waals surface area contributed by atoms with Gasteiger partial charge in [0.1, 0.15) is 0 Å². The van der Waals surface area contributed by atoms with Gasteiger partial charge < -0.3 is 10.6 Å². The van der Waals surface area contributed by atoms with Crippen LogP contribution in [0.5, 0.6) is 0 Å². The number of fused-ring (bicyclic) bond motifs is 1. The Labute approximate surface area is 109 Å². The average molecular weight is 246 g/mol. The van der Waals surface area contributed by atoms with Crippen molar-refractivity contribution < 1.29 is 4.79 Å². The SMILES string of the molecule is CC(C)CN1c2ccccc2[C@@H](C(N)=O)C[C@@H]1C. The molecule has 1 amide bonds. The fourth-order valence-corrected chi connectivity index (χ4v) is 2.82. The Kier molecular flexibility index (Phi) is 3.60. The molecular formula is C15H22N2O. The van der Waals surface area contributed by atoms with Gasteiger partial charge in [-0.3, -0.25) is 4.79 Å². The molecule has 0 radical (unpaired) electrons. The highest BCUT2D eigenvalue weighted by molar-refractivity contribution is 5.85. The number of rotatable bonds is 3. The highest BCUT2D eigenvalue weighted by Crippen LogP contribution is 2.38. The molecule has 98 valence electrons. The summed E-state index contributed by atoms with van der Waals surface area (Å²) >= 11 is 0. The van der Waals surface area contributed by atoms with Crippen LogP contribution in [0.1, 0.15) is 38.7 Å². The Bertz CT molecular complexity index is 442. The minimum atomic E-state index is -0.210. The number of anilines is 1. The van der Waals surface area contributed by atoms with Crippen LogP contribution in [-0.2, 0) is 4.79 Å². The van der Waals surface area contributed by atoms with E-state index in [1.807, 2.05) is 18.2 Å². The number of nitrogens with two attached hydrogens (primary N) is 1. The van der Waals surface area contributed by atoms with E-state index in [-0.39, 0.29) is 11.8 Å². The molecule has 2 atom stereocenters. The lowest BCUT2D eigenvalue weighted by Gasteiger charge is -2.41. The molecule has 2 N–H and O–H groups in total. The second kappa shape index (κ2) is 5.01. The van der Waals surface area contributed by atoms with E-state index >= 15 is 0 Å². The highest BCUT2D eigenvalue weighted by Gasteiger charge is 2.32. The first-order valence-corrected chi connectivity index (χ1v) is 6.65. The summed E-state index contributed by atoms with van der Waals surface area (Å²) in [5, 5.41) is 0. The van der Waals surface area contributed by atoms with Gasteiger partial charge >= 0.3 is 0 Å². The molecule has 1 aromatic carbocycles. The molecule has 1 aromatic rings. The van der Waals surface area contributed by atoms with Gasteiger partial charge in [0, 0.05) is 18.3 Å². The van der Waals surface area contributed by atoms with E-state index in [1.54, 1.807) is 0 Å². The molecule has 0 saturated carbocycles. The molecule has 2 rings (SSSR count). The highest BCUT2D eigenvalue weighted by atomic mass is 16.1. The van der Waals surface area contributed by atoms with E-state index in [0.717, 1.165) is 18.5 Å². The van der Waals surface area contributed by atoms with Gasteiger partial charge in [-0.15, -0.1) is 0 Å². The van der Waals surface area contributed by atoms with Crippen molar-refractivity contribution in [3.8, 4) is 0 Å². The molecule has 3 nitrogen and oxygen atoms in total. The number of carbonyl (C=O) groups is 1. The molecular weight excluding hydrogens is 224 g/mol. The maximum Gasteiger partial charge on any atom is 0.225 e. The van der Waals surface area contributed by atoms with Crippen molar-refractivity contribution in [1.82, 2.24) is 0 Å². The molecule has 0 spiro atoms. The molecule has 1 aliphatic rings. The Morgan fingerprint density at radius 2 is 2.11 bits per heavy atom. The molecule has 1 heterocycles. The summed E-state index contributed by atoms with van der Waals surface area (Å²) in [6.07, 6.45) is 0.819. The summed E-state index contributed by atoms with van der Waals surface area (Å²) < 4.78 is 0. The van der Waals surface area contributed by atoms with Gasteiger partial charge in [-0.25, -0.2) is 0 Å². The zero-order valence-electron chi connectivity index (χ0n) is 11.4. The summed E-state index contributed by atoms with van der Waals surface area (Å²) in [4.78, 5) is 14.0. The number of hydrogen-bond donors (Lipinski definition) is 1. The van der Waals surface area contributed by atoms with E-state index in [4.69, 9.17) is 5.73 Å². The third-order valence-electron chi connectivity index (χ3n) is 3.64. The Morgan fingerprint density at radius 3 is 2.72 bits per heavy atom. The predicted molar refractivity (Wildman–Crippen MR) is 74.6 cm³/mol. The normalized spacial score (nSPS) is 23.0. The van der Waals surface area contributed by atoms with Crippen molar-refractivity contribution >= 4 is 11.6 Å². The second-order valence-electron chi connectivity index (χ2n) is 5.64. The van der Waals surface area contributed by atoms with Crippen molar-refractivity contribution in [2.75, 3.05) is 11.4 Å². The van der Waals surface area contributed by atoms with Crippen molar-refractivity contribution in [3.05, 3.63) is 29.8 Å². The van der Waals surface area contributed by atoms with E-state index < -0.39 is 0 Å². The molecule has 0 aliphatic carbocycles. The number of carbonyl (C=O) groups excluding carboxylic acids is 1. The third kappa shape index (κ3) is 2.35. The number of nitrogens with zero attached hydrogens (tertiary/aromatic N) is 1. The first kappa shape index (κ1) is 12.9. The summed E-state index contributed by atoms with van der Waals surface area (Å²) in [5.74, 6) is 0.253. The van der Waals surface area contributed by atoms with Crippen LogP contribution < -0.4 is 10.6 Å². The number of hydrogen-bond acceptors (Lipinski definition) is 2. The quantitative estimate of drug-likeness (QED) is 0.890. The standard InChI is InChI=1S/C15H22N2O/c1-10(2)9-17-11(3)8-13(15(16)18)12-6-4-5-7-14(12)17/h4-7,10-11,13H,8-9H2,1-3H3,(H2,16,18)/t11-,13-/m0/s1. The largest absolute Gasteiger partial charge is 0.369 e. The average Bonchev–Trinajstić information content (AvgIpc) is 2.31. The summed E-state index contributed by atoms with van der Waals surface area (Å²) in [7, 11) is 0. The van der Waals surface area contributed by atoms with Crippen molar-refractivity contribution in [2.24, 2.45) is 11.7 Å². The Morgan fingerprint density at radius 1 is 1.44 bits per heavy atom. The van der Waals surface area contributed by atoms with E-state index in [2.05, 4.69) is 31.7 Å². The molecule has 0 aromatic heterocycles. The van der Waals surface area contributed by atoms with Crippen LogP contribution in [0.4, 0.5) is 5.69 Å². The lowest BCUT2D eigenvalue weighted by molar-refractivity contribution is -0.119. The number of benzene rings is 1. The minimum Gasteiger partial charge on any atom is -0.369 e. The lowest BCUT2D eigenvalue weighted by atomic mass is 9.85. The fourth-order valence-electron chi connectivity index (χ4n) is 2.82. The van der Waals surface area contributed by atoms with Crippen LogP contribution in [0.25, 0.3) is 0 Å². The second-order valence-corrected chi connectivity index (χ2v) is 5.64. The van der Waals surface area contributed by atoms with Crippen LogP contribution in [-0.4, -0.2) is 18.5 Å². The fraction of sp³-hybridized carbons (Fsp3) is 0.533. The molecule has 3 heteroatoms. The van der Waals surface area contributed by atoms with Gasteiger partial charge in [-0.05, 0) is 30.9 Å². The smallest absolute Gasteiger partial charge is 0.225 e. The Balaban J connectivity index is 2.41. The molecule has 0 fully saturated rings. The van der Waals surface area contributed by atoms with Gasteiger partial charge in [-0.1, -0.05) is 32.0 Å². The van der Waals surface area contributed by atoms with Gasteiger partial charge in [0.05, 0.1) is 5.92 Å². The number of primary amides is 1. The topological polar surface area (TPSA) is 46.3 Å². The van der Waals surface area contributed by atoms with Crippen LogP contribution >= 0.6 is 0 Å². The summed E-state index contributed by atoms with van der Waals surface area (Å²) in [6.45, 7) is 7.63. The maximum absolute atomic E-state index is 11.6. The lowest BCUT2D eigenvalue weighted by Crippen LogP contribution is -2.43. The zero-order chi connectivity index (χ0) is 13.3. The van der Waals surface area contributed by atoms with Crippen LogP contribution in [0.3, 0.4) is 0 Å². The van der Waals surface area contributed by atoms with Crippen LogP contribution in [0.15, 0.2) is 24.3 Å². The molecule has 0 saturated heterocycles. The number of amides is 1. The van der Waals surface area contributed by atoms with Gasteiger partial charge in [0.15, 0.2) is 0 Å². The summed E-state index contributed by atoms with van der Waals surface area (Å²) in [6, 6.07) is 8.51. The van der Waals surface area contributed by atoms with Gasteiger partial charge in [0.2, 0.25) is 5.91 Å². The minimum absolute atomic E-state index is 0.139. The Hall–Kier alpha value is -1.51. The van der Waals surface area contributed by atoms with Crippen molar-refractivity contribution in [2.45, 2.75) is 39.2 Å². The maximum atomic E-state index is 11.6. The molecule has 0 unspecified atom stereocenters. The zero-order valence-corrected chi connectivity index (χ0v) is 11.4. The third-order valence-corrected chi connectivity index (χ3v) is 3.64. The molecule has 18 heavy (non-hydrogen) atoms. The predicted octanol–water partition coefficient (Wildman–Crippen LogP) is 2.51. The van der Waals surface area contributed by atoms with Crippen LogP contribution in [0.2, 0.25) is 0 Å². The van der Waals surface area contributed by atoms with Crippen LogP contribution in [0, 0.1) is 5.92 Å². The molecule has 0 bridgehead atoms. The van der Waals surface area contributed by atoms with E-state index in [9.17, 15) is 4.79 Å². The monoisotopic (exact) mass is 246 g/mol. The van der Waals surface area contributed by atoms with Crippen molar-refractivity contribution in [3.63, 3.8) is 0 Å². The van der Waals surface area contributed by atoms with Gasteiger partial charge in [-0.2, -0.15) is 0 Å². The van der Waals surface area contributed by atoms with E-state index in [1.165, 1.54) is 5.69 Å². The van der Waals surface area contributed by atoms with Crippen molar-refractivity contribution in [1.29, 1.82) is 0 Å². The number of para-hydroxylation sites is 1. The summed E-state index contributed by atoms with van der Waals surface area (Å²) in [5.41, 5.74) is 7.80. The van der Waals surface area contributed by atoms with E-state index in [0.29, 0.717) is 12.0 Å².